The lowest BCUT2D eigenvalue weighted by atomic mass is 9.93. The maximum atomic E-state index is 13.3. The van der Waals surface area contributed by atoms with Gasteiger partial charge in [-0.05, 0) is 18.2 Å². The highest BCUT2D eigenvalue weighted by molar-refractivity contribution is 5.80. The van der Waals surface area contributed by atoms with Crippen molar-refractivity contribution in [3.05, 3.63) is 42.1 Å². The van der Waals surface area contributed by atoms with Gasteiger partial charge in [0.1, 0.15) is 0 Å². The van der Waals surface area contributed by atoms with Crippen molar-refractivity contribution < 1.29 is 13.2 Å². The Hall–Kier alpha value is -2.31. The Morgan fingerprint density at radius 3 is 2.50 bits per heavy atom. The highest BCUT2D eigenvalue weighted by Crippen LogP contribution is 2.33. The molecule has 0 radical (unpaired) electrons. The van der Waals surface area contributed by atoms with Gasteiger partial charge in [-0.1, -0.05) is 20.8 Å². The molecule has 4 nitrogen and oxygen atoms in total. The number of nitrogens with one attached hydrogen (secondary N) is 1. The Kier molecular flexibility index (Phi) is 3.05. The molecule has 3 aromatic rings. The minimum absolute atomic E-state index is 0.395. The zero-order chi connectivity index (χ0) is 16.1. The predicted octanol–water partition coefficient (Wildman–Crippen LogP) is 4.06. The third kappa shape index (κ3) is 2.47. The molecule has 0 atom stereocenters. The number of alkyl halides is 3. The van der Waals surface area contributed by atoms with Crippen LogP contribution in [0.15, 0.2) is 30.6 Å². The van der Waals surface area contributed by atoms with Crippen LogP contribution in [0.2, 0.25) is 0 Å². The molecule has 0 fully saturated rings. The van der Waals surface area contributed by atoms with E-state index in [2.05, 4.69) is 15.2 Å². The standard InChI is InChI=1S/C15H15F3N4/c1-14(2,3)12-8-22(13(20-12)15(16,17)18)10-4-5-11-9(6-10)7-19-21-11/h4-8H,1-3H3,(H,19,21). The molecule has 7 heteroatoms. The maximum absolute atomic E-state index is 13.3. The molecular weight excluding hydrogens is 293 g/mol. The van der Waals surface area contributed by atoms with E-state index in [1.807, 2.05) is 20.8 Å². The second-order valence-corrected chi connectivity index (χ2v) is 6.21. The Labute approximate surface area is 125 Å². The molecule has 0 saturated heterocycles. The van der Waals surface area contributed by atoms with Crippen molar-refractivity contribution in [2.24, 2.45) is 0 Å². The van der Waals surface area contributed by atoms with Gasteiger partial charge in [-0.25, -0.2) is 4.98 Å². The molecule has 3 rings (SSSR count). The third-order valence-electron chi connectivity index (χ3n) is 3.43. The number of nitrogens with zero attached hydrogens (tertiary/aromatic N) is 3. The summed E-state index contributed by atoms with van der Waals surface area (Å²) in [6.07, 6.45) is -1.49. The highest BCUT2D eigenvalue weighted by atomic mass is 19.4. The number of fused-ring (bicyclic) bond motifs is 1. The quantitative estimate of drug-likeness (QED) is 0.736. The van der Waals surface area contributed by atoms with Crippen molar-refractivity contribution in [1.82, 2.24) is 19.7 Å². The van der Waals surface area contributed by atoms with Gasteiger partial charge < -0.3 is 0 Å². The molecular formula is C15H15F3N4. The lowest BCUT2D eigenvalue weighted by molar-refractivity contribution is -0.146. The van der Waals surface area contributed by atoms with Gasteiger partial charge in [-0.2, -0.15) is 18.3 Å². The van der Waals surface area contributed by atoms with Crippen LogP contribution >= 0.6 is 0 Å². The van der Waals surface area contributed by atoms with E-state index in [1.54, 1.807) is 24.4 Å². The molecule has 0 bridgehead atoms. The molecule has 1 aromatic carbocycles. The van der Waals surface area contributed by atoms with Crippen LogP contribution in [0.4, 0.5) is 13.2 Å². The molecule has 0 amide bonds. The van der Waals surface area contributed by atoms with Crippen LogP contribution < -0.4 is 0 Å². The number of hydrogen-bond acceptors (Lipinski definition) is 2. The SMILES string of the molecule is CC(C)(C)c1cn(-c2ccc3[nH]ncc3c2)c(C(F)(F)F)n1. The zero-order valence-electron chi connectivity index (χ0n) is 12.4. The van der Waals surface area contributed by atoms with Gasteiger partial charge in [0.05, 0.1) is 17.4 Å². The van der Waals surface area contributed by atoms with E-state index >= 15 is 0 Å². The van der Waals surface area contributed by atoms with Crippen LogP contribution in [0.5, 0.6) is 0 Å². The molecule has 0 aliphatic heterocycles. The van der Waals surface area contributed by atoms with Gasteiger partial charge in [0.15, 0.2) is 0 Å². The summed E-state index contributed by atoms with van der Waals surface area (Å²) in [5.74, 6) is -0.916. The minimum atomic E-state index is -4.52. The summed E-state index contributed by atoms with van der Waals surface area (Å²) in [6, 6.07) is 4.97. The molecule has 0 unspecified atom stereocenters. The monoisotopic (exact) mass is 308 g/mol. The Bertz CT molecular complexity index is 821. The first-order valence-electron chi connectivity index (χ1n) is 6.77. The fraction of sp³-hybridized carbons (Fsp3) is 0.333. The summed E-state index contributed by atoms with van der Waals surface area (Å²) in [4.78, 5) is 3.81. The number of rotatable bonds is 1. The molecule has 2 aromatic heterocycles. The summed E-state index contributed by atoms with van der Waals surface area (Å²) in [5.41, 5.74) is 1.11. The van der Waals surface area contributed by atoms with Crippen molar-refractivity contribution in [3.63, 3.8) is 0 Å². The van der Waals surface area contributed by atoms with Crippen molar-refractivity contribution >= 4 is 10.9 Å². The van der Waals surface area contributed by atoms with Gasteiger partial charge in [-0.15, -0.1) is 0 Å². The van der Waals surface area contributed by atoms with Crippen LogP contribution in [0, 0.1) is 0 Å². The first-order valence-corrected chi connectivity index (χ1v) is 6.77. The maximum Gasteiger partial charge on any atom is 0.450 e. The van der Waals surface area contributed by atoms with Crippen LogP contribution in [0.1, 0.15) is 32.3 Å². The van der Waals surface area contributed by atoms with E-state index in [0.717, 1.165) is 15.5 Å². The summed E-state index contributed by atoms with van der Waals surface area (Å²) in [5, 5.41) is 7.40. The number of halogens is 3. The first-order chi connectivity index (χ1) is 10.2. The number of hydrogen-bond donors (Lipinski definition) is 1. The van der Waals surface area contributed by atoms with E-state index in [1.165, 1.54) is 6.20 Å². The van der Waals surface area contributed by atoms with Crippen LogP contribution in [-0.4, -0.2) is 19.7 Å². The number of imidazole rings is 1. The fourth-order valence-electron chi connectivity index (χ4n) is 2.22. The summed E-state index contributed by atoms with van der Waals surface area (Å²) < 4.78 is 41.0. The molecule has 116 valence electrons. The normalized spacial score (nSPS) is 13.0. The predicted molar refractivity (Wildman–Crippen MR) is 76.9 cm³/mol. The smallest absolute Gasteiger partial charge is 0.296 e. The second-order valence-electron chi connectivity index (χ2n) is 6.21. The summed E-state index contributed by atoms with van der Waals surface area (Å²) in [6.45, 7) is 5.50. The third-order valence-corrected chi connectivity index (χ3v) is 3.43. The number of H-pyrrole nitrogens is 1. The van der Waals surface area contributed by atoms with Crippen molar-refractivity contribution in [2.75, 3.05) is 0 Å². The average Bonchev–Trinajstić information content (AvgIpc) is 3.03. The number of aromatic amines is 1. The first kappa shape index (κ1) is 14.6. The van der Waals surface area contributed by atoms with Gasteiger partial charge in [0, 0.05) is 22.7 Å². The average molecular weight is 308 g/mol. The van der Waals surface area contributed by atoms with Crippen molar-refractivity contribution in [1.29, 1.82) is 0 Å². The van der Waals surface area contributed by atoms with Gasteiger partial charge in [0.2, 0.25) is 5.82 Å². The van der Waals surface area contributed by atoms with E-state index in [4.69, 9.17) is 0 Å². The van der Waals surface area contributed by atoms with Gasteiger partial charge in [0.25, 0.3) is 0 Å². The number of benzene rings is 1. The molecule has 0 aliphatic rings. The minimum Gasteiger partial charge on any atom is -0.296 e. The van der Waals surface area contributed by atoms with Crippen molar-refractivity contribution in [3.8, 4) is 5.69 Å². The van der Waals surface area contributed by atoms with Gasteiger partial charge >= 0.3 is 6.18 Å². The largest absolute Gasteiger partial charge is 0.450 e. The summed E-state index contributed by atoms with van der Waals surface area (Å²) >= 11 is 0. The Morgan fingerprint density at radius 1 is 1.14 bits per heavy atom. The van der Waals surface area contributed by atoms with E-state index in [9.17, 15) is 13.2 Å². The van der Waals surface area contributed by atoms with E-state index in [-0.39, 0.29) is 0 Å². The lowest BCUT2D eigenvalue weighted by Gasteiger charge is -2.14. The molecule has 0 spiro atoms. The molecule has 22 heavy (non-hydrogen) atoms. The van der Waals surface area contributed by atoms with Crippen LogP contribution in [-0.2, 0) is 11.6 Å². The zero-order valence-corrected chi connectivity index (χ0v) is 12.4. The highest BCUT2D eigenvalue weighted by Gasteiger charge is 2.38. The fourth-order valence-corrected chi connectivity index (χ4v) is 2.22. The Balaban J connectivity index is 2.21. The van der Waals surface area contributed by atoms with Crippen molar-refractivity contribution in [2.45, 2.75) is 32.4 Å². The summed E-state index contributed by atoms with van der Waals surface area (Å²) in [7, 11) is 0. The molecule has 1 N–H and O–H groups in total. The second kappa shape index (κ2) is 4.59. The van der Waals surface area contributed by atoms with E-state index < -0.39 is 17.4 Å². The van der Waals surface area contributed by atoms with Crippen LogP contribution in [0.3, 0.4) is 0 Å². The molecule has 0 aliphatic carbocycles. The molecule has 0 saturated carbocycles. The Morgan fingerprint density at radius 2 is 1.86 bits per heavy atom. The van der Waals surface area contributed by atoms with Crippen LogP contribution in [0.25, 0.3) is 16.6 Å². The van der Waals surface area contributed by atoms with E-state index in [0.29, 0.717) is 11.4 Å². The lowest BCUT2D eigenvalue weighted by Crippen LogP contribution is -2.14. The van der Waals surface area contributed by atoms with Gasteiger partial charge in [-0.3, -0.25) is 9.67 Å². The number of aromatic nitrogens is 4. The molecule has 2 heterocycles. The topological polar surface area (TPSA) is 46.5 Å².